The van der Waals surface area contributed by atoms with Gasteiger partial charge in [-0.05, 0) is 11.8 Å². The first-order valence-corrected chi connectivity index (χ1v) is 4.24. The molecule has 0 N–H and O–H groups in total. The van der Waals surface area contributed by atoms with Crippen LogP contribution in [0.25, 0.3) is 0 Å². The highest BCUT2D eigenvalue weighted by Crippen LogP contribution is 2.27. The van der Waals surface area contributed by atoms with Crippen molar-refractivity contribution in [3.05, 3.63) is 0 Å². The zero-order chi connectivity index (χ0) is 7.33. The van der Waals surface area contributed by atoms with Gasteiger partial charge in [-0.3, -0.25) is 0 Å². The SMILES string of the molecule is CCCC(C)(C)CSF. The Kier molecular flexibility index (Phi) is 4.28. The molecular weight excluding hydrogens is 135 g/mol. The first-order chi connectivity index (χ1) is 4.12. The van der Waals surface area contributed by atoms with Crippen LogP contribution in [-0.4, -0.2) is 5.75 Å². The molecule has 0 atom stereocenters. The Labute approximate surface area is 61.5 Å². The molecule has 2 heteroatoms. The fourth-order valence-electron chi connectivity index (χ4n) is 0.897. The number of halogens is 1. The Hall–Kier alpha value is 0.280. The monoisotopic (exact) mass is 150 g/mol. The molecule has 0 saturated heterocycles. The molecular formula is C7H15FS. The third kappa shape index (κ3) is 4.76. The molecule has 0 aliphatic rings. The maximum Gasteiger partial charge on any atom is 0.0448 e. The Balaban J connectivity index is 3.43. The molecule has 0 radical (unpaired) electrons. The van der Waals surface area contributed by atoms with Gasteiger partial charge in [0, 0.05) is 17.9 Å². The fourth-order valence-corrected chi connectivity index (χ4v) is 1.34. The van der Waals surface area contributed by atoms with Gasteiger partial charge < -0.3 is 0 Å². The minimum absolute atomic E-state index is 0.189. The van der Waals surface area contributed by atoms with E-state index in [4.69, 9.17) is 0 Å². The van der Waals surface area contributed by atoms with Gasteiger partial charge in [0.15, 0.2) is 0 Å². The molecule has 0 bridgehead atoms. The van der Waals surface area contributed by atoms with E-state index in [0.717, 1.165) is 12.8 Å². The van der Waals surface area contributed by atoms with Gasteiger partial charge in [0.1, 0.15) is 0 Å². The summed E-state index contributed by atoms with van der Waals surface area (Å²) in [5.74, 6) is 0.626. The van der Waals surface area contributed by atoms with Crippen LogP contribution in [0.5, 0.6) is 0 Å². The Morgan fingerprint density at radius 1 is 1.44 bits per heavy atom. The van der Waals surface area contributed by atoms with Gasteiger partial charge in [-0.1, -0.05) is 27.2 Å². The number of hydrogen-bond donors (Lipinski definition) is 0. The maximum absolute atomic E-state index is 11.7. The second kappa shape index (κ2) is 4.15. The van der Waals surface area contributed by atoms with Crippen molar-refractivity contribution in [1.82, 2.24) is 0 Å². The zero-order valence-electron chi connectivity index (χ0n) is 6.41. The summed E-state index contributed by atoms with van der Waals surface area (Å²) in [5, 5.41) is 0. The summed E-state index contributed by atoms with van der Waals surface area (Å²) in [6.07, 6.45) is 2.26. The molecule has 9 heavy (non-hydrogen) atoms. The smallest absolute Gasteiger partial charge is 0.0448 e. The van der Waals surface area contributed by atoms with E-state index in [2.05, 4.69) is 20.8 Å². The summed E-state index contributed by atoms with van der Waals surface area (Å²) in [7, 11) is 0. The summed E-state index contributed by atoms with van der Waals surface area (Å²) in [6, 6.07) is 0. The quantitative estimate of drug-likeness (QED) is 0.591. The highest BCUT2D eigenvalue weighted by molar-refractivity contribution is 7.94. The fraction of sp³-hybridized carbons (Fsp3) is 1.00. The van der Waals surface area contributed by atoms with Crippen LogP contribution in [-0.2, 0) is 0 Å². The van der Waals surface area contributed by atoms with E-state index in [1.165, 1.54) is 0 Å². The van der Waals surface area contributed by atoms with Crippen molar-refractivity contribution in [1.29, 1.82) is 0 Å². The van der Waals surface area contributed by atoms with Crippen molar-refractivity contribution < 1.29 is 3.89 Å². The van der Waals surface area contributed by atoms with Gasteiger partial charge in [0.25, 0.3) is 0 Å². The van der Waals surface area contributed by atoms with Crippen LogP contribution in [0, 0.1) is 5.41 Å². The molecule has 0 aromatic heterocycles. The van der Waals surface area contributed by atoms with E-state index < -0.39 is 0 Å². The maximum atomic E-state index is 11.7. The van der Waals surface area contributed by atoms with Gasteiger partial charge in [0.05, 0.1) is 0 Å². The molecule has 0 amide bonds. The topological polar surface area (TPSA) is 0 Å². The lowest BCUT2D eigenvalue weighted by Gasteiger charge is -2.20. The summed E-state index contributed by atoms with van der Waals surface area (Å²) in [5.41, 5.74) is 0.189. The lowest BCUT2D eigenvalue weighted by Crippen LogP contribution is -2.12. The van der Waals surface area contributed by atoms with Crippen LogP contribution in [0.1, 0.15) is 33.6 Å². The lowest BCUT2D eigenvalue weighted by molar-refractivity contribution is 0.381. The van der Waals surface area contributed by atoms with E-state index in [0.29, 0.717) is 17.9 Å². The Morgan fingerprint density at radius 2 is 2.00 bits per heavy atom. The average molecular weight is 150 g/mol. The molecule has 0 unspecified atom stereocenters. The normalized spacial score (nSPS) is 12.0. The van der Waals surface area contributed by atoms with Gasteiger partial charge in [-0.2, -0.15) is 3.89 Å². The molecule has 0 aromatic rings. The Morgan fingerprint density at radius 3 is 2.33 bits per heavy atom. The van der Waals surface area contributed by atoms with Crippen LogP contribution in [0.4, 0.5) is 3.89 Å². The van der Waals surface area contributed by atoms with Crippen LogP contribution in [0.2, 0.25) is 0 Å². The Bertz CT molecular complexity index is 63.3. The van der Waals surface area contributed by atoms with Crippen molar-refractivity contribution in [2.75, 3.05) is 5.75 Å². The highest BCUT2D eigenvalue weighted by Gasteiger charge is 2.16. The number of hydrogen-bond acceptors (Lipinski definition) is 1. The first-order valence-electron chi connectivity index (χ1n) is 3.36. The van der Waals surface area contributed by atoms with Gasteiger partial charge in [-0.15, -0.1) is 0 Å². The van der Waals surface area contributed by atoms with Crippen molar-refractivity contribution in [3.63, 3.8) is 0 Å². The standard InChI is InChI=1S/C7H15FS/c1-4-5-7(2,3)6-9-8/h4-6H2,1-3H3. The molecule has 56 valence electrons. The largest absolute Gasteiger partial charge is 0.165 e. The molecule has 0 nitrogen and oxygen atoms in total. The van der Waals surface area contributed by atoms with Crippen molar-refractivity contribution in [2.45, 2.75) is 33.6 Å². The van der Waals surface area contributed by atoms with Gasteiger partial charge in [-0.25, -0.2) is 0 Å². The van der Waals surface area contributed by atoms with Crippen molar-refractivity contribution in [3.8, 4) is 0 Å². The third-order valence-electron chi connectivity index (χ3n) is 1.37. The minimum atomic E-state index is 0.189. The molecule has 0 spiro atoms. The molecule has 0 rings (SSSR count). The van der Waals surface area contributed by atoms with Crippen LogP contribution < -0.4 is 0 Å². The van der Waals surface area contributed by atoms with E-state index >= 15 is 0 Å². The molecule has 0 aromatic carbocycles. The summed E-state index contributed by atoms with van der Waals surface area (Å²) >= 11 is 0.449. The molecule has 0 fully saturated rings. The number of rotatable bonds is 4. The van der Waals surface area contributed by atoms with Gasteiger partial charge >= 0.3 is 0 Å². The molecule has 0 aliphatic carbocycles. The van der Waals surface area contributed by atoms with E-state index in [9.17, 15) is 3.89 Å². The summed E-state index contributed by atoms with van der Waals surface area (Å²) < 4.78 is 11.7. The third-order valence-corrected chi connectivity index (χ3v) is 2.26. The summed E-state index contributed by atoms with van der Waals surface area (Å²) in [4.78, 5) is 0. The lowest BCUT2D eigenvalue weighted by atomic mass is 9.91. The molecule has 0 heterocycles. The zero-order valence-corrected chi connectivity index (χ0v) is 7.22. The van der Waals surface area contributed by atoms with E-state index in [1.54, 1.807) is 0 Å². The average Bonchev–Trinajstić information content (AvgIpc) is 1.64. The summed E-state index contributed by atoms with van der Waals surface area (Å²) in [6.45, 7) is 6.33. The highest BCUT2D eigenvalue weighted by atomic mass is 32.2. The van der Waals surface area contributed by atoms with Crippen LogP contribution in [0.15, 0.2) is 0 Å². The van der Waals surface area contributed by atoms with Gasteiger partial charge in [0.2, 0.25) is 0 Å². The molecule has 0 saturated carbocycles. The van der Waals surface area contributed by atoms with Crippen molar-refractivity contribution >= 4 is 12.1 Å². The predicted octanol–water partition coefficient (Wildman–Crippen LogP) is 3.43. The van der Waals surface area contributed by atoms with Crippen molar-refractivity contribution in [2.24, 2.45) is 5.41 Å². The first kappa shape index (κ1) is 9.28. The second-order valence-electron chi connectivity index (χ2n) is 3.17. The van der Waals surface area contributed by atoms with E-state index in [-0.39, 0.29) is 5.41 Å². The second-order valence-corrected chi connectivity index (χ2v) is 3.67. The minimum Gasteiger partial charge on any atom is -0.165 e. The van der Waals surface area contributed by atoms with E-state index in [1.807, 2.05) is 0 Å². The van der Waals surface area contributed by atoms with Crippen LogP contribution in [0.3, 0.4) is 0 Å². The predicted molar refractivity (Wildman–Crippen MR) is 42.3 cm³/mol. The van der Waals surface area contributed by atoms with Crippen LogP contribution >= 0.6 is 12.1 Å². The molecule has 0 aliphatic heterocycles.